The number of anilines is 1. The molecule has 36 heavy (non-hydrogen) atoms. The zero-order chi connectivity index (χ0) is 26.7. The van der Waals surface area contributed by atoms with Crippen molar-refractivity contribution in [3.05, 3.63) is 65.8 Å². The van der Waals surface area contributed by atoms with Crippen LogP contribution in [0.3, 0.4) is 0 Å². The quantitative estimate of drug-likeness (QED) is 0.285. The molecule has 0 radical (unpaired) electrons. The summed E-state index contributed by atoms with van der Waals surface area (Å²) in [6, 6.07) is 12.7. The standard InChI is InChI=1S/C19H27BO9.C6H7N/c1-22-13-8-9-14(18(26-5)17(13)25-4)29-20(21)12-10-15(23-2)19(27-6,28-7)16(11-12)24-3;7-6-4-2-1-3-5-6/h8-11,15,21H,1-7H3;1-5H,7H2. The van der Waals surface area contributed by atoms with E-state index in [2.05, 4.69) is 0 Å². The second-order valence-electron chi connectivity index (χ2n) is 7.32. The van der Waals surface area contributed by atoms with Crippen LogP contribution in [-0.4, -0.2) is 73.8 Å². The third kappa shape index (κ3) is 6.24. The van der Waals surface area contributed by atoms with Crippen molar-refractivity contribution in [3.8, 4) is 23.0 Å². The van der Waals surface area contributed by atoms with E-state index in [1.54, 1.807) is 24.3 Å². The van der Waals surface area contributed by atoms with Gasteiger partial charge in [-0.05, 0) is 41.9 Å². The van der Waals surface area contributed by atoms with Crippen LogP contribution >= 0.6 is 0 Å². The molecule has 3 N–H and O–H groups in total. The summed E-state index contributed by atoms with van der Waals surface area (Å²) >= 11 is 0. The van der Waals surface area contributed by atoms with Crippen molar-refractivity contribution in [2.75, 3.05) is 55.5 Å². The number of hydrogen-bond donors (Lipinski definition) is 2. The number of methoxy groups -OCH3 is 7. The second-order valence-corrected chi connectivity index (χ2v) is 7.32. The van der Waals surface area contributed by atoms with Crippen molar-refractivity contribution in [2.24, 2.45) is 0 Å². The smallest absolute Gasteiger partial charge is 0.530 e. The highest BCUT2D eigenvalue weighted by molar-refractivity contribution is 6.54. The van der Waals surface area contributed by atoms with Gasteiger partial charge in [0.1, 0.15) is 11.9 Å². The third-order valence-electron chi connectivity index (χ3n) is 5.43. The van der Waals surface area contributed by atoms with Gasteiger partial charge in [0.2, 0.25) is 11.5 Å². The molecule has 0 aliphatic heterocycles. The summed E-state index contributed by atoms with van der Waals surface area (Å²) in [4.78, 5) is 0. The van der Waals surface area contributed by atoms with Crippen molar-refractivity contribution in [3.63, 3.8) is 0 Å². The van der Waals surface area contributed by atoms with E-state index in [0.717, 1.165) is 5.69 Å². The van der Waals surface area contributed by atoms with Gasteiger partial charge >= 0.3 is 7.12 Å². The van der Waals surface area contributed by atoms with E-state index in [-0.39, 0.29) is 11.5 Å². The molecule has 2 aromatic rings. The molecular weight excluding hydrogens is 469 g/mol. The Labute approximate surface area is 212 Å². The molecule has 196 valence electrons. The maximum atomic E-state index is 10.7. The molecule has 0 fully saturated rings. The summed E-state index contributed by atoms with van der Waals surface area (Å²) in [5, 5.41) is 10.7. The number of rotatable bonds is 10. The van der Waals surface area contributed by atoms with Crippen LogP contribution in [0.15, 0.2) is 65.8 Å². The molecule has 2 aromatic carbocycles. The molecule has 1 aliphatic rings. The number of ether oxygens (including phenoxy) is 7. The fourth-order valence-corrected chi connectivity index (χ4v) is 3.63. The Bertz CT molecular complexity index is 1030. The van der Waals surface area contributed by atoms with Crippen LogP contribution in [-0.2, 0) is 18.9 Å². The average molecular weight is 503 g/mol. The Kier molecular flexibility index (Phi) is 10.9. The van der Waals surface area contributed by atoms with Gasteiger partial charge in [-0.2, -0.15) is 0 Å². The van der Waals surface area contributed by atoms with Gasteiger partial charge in [0.05, 0.1) is 28.4 Å². The van der Waals surface area contributed by atoms with Crippen LogP contribution in [0, 0.1) is 0 Å². The summed E-state index contributed by atoms with van der Waals surface area (Å²) in [6.45, 7) is 0. The fourth-order valence-electron chi connectivity index (χ4n) is 3.63. The number of hydrogen-bond acceptors (Lipinski definition) is 10. The van der Waals surface area contributed by atoms with E-state index < -0.39 is 19.0 Å². The van der Waals surface area contributed by atoms with E-state index in [4.69, 9.17) is 43.5 Å². The fraction of sp³-hybridized carbons (Fsp3) is 0.360. The lowest BCUT2D eigenvalue weighted by Gasteiger charge is -2.39. The summed E-state index contributed by atoms with van der Waals surface area (Å²) < 4.78 is 43.7. The Hall–Kier alpha value is -3.38. The van der Waals surface area contributed by atoms with Crippen molar-refractivity contribution in [2.45, 2.75) is 11.9 Å². The molecule has 1 unspecified atom stereocenters. The largest absolute Gasteiger partial charge is 0.560 e. The molecule has 0 heterocycles. The monoisotopic (exact) mass is 503 g/mol. The van der Waals surface area contributed by atoms with Crippen LogP contribution in [0.5, 0.6) is 23.0 Å². The van der Waals surface area contributed by atoms with Gasteiger partial charge < -0.3 is 48.6 Å². The van der Waals surface area contributed by atoms with Crippen LogP contribution in [0.1, 0.15) is 0 Å². The van der Waals surface area contributed by atoms with Gasteiger partial charge in [-0.3, -0.25) is 0 Å². The van der Waals surface area contributed by atoms with E-state index in [1.807, 2.05) is 30.3 Å². The Balaban J connectivity index is 0.000000558. The highest BCUT2D eigenvalue weighted by Gasteiger charge is 2.48. The first-order valence-corrected chi connectivity index (χ1v) is 10.9. The van der Waals surface area contributed by atoms with E-state index in [0.29, 0.717) is 22.7 Å². The minimum atomic E-state index is -1.36. The molecule has 0 saturated carbocycles. The van der Waals surface area contributed by atoms with Crippen LogP contribution in [0.2, 0.25) is 0 Å². The minimum absolute atomic E-state index is 0.259. The van der Waals surface area contributed by atoms with Crippen LogP contribution in [0.4, 0.5) is 5.69 Å². The molecule has 3 rings (SSSR count). The summed E-state index contributed by atoms with van der Waals surface area (Å²) in [7, 11) is 9.01. The zero-order valence-electron chi connectivity index (χ0n) is 21.6. The SMILES string of the molecule is COC1=CC(B(O)Oc2ccc(OC)c(OC)c2OC)=CC(OC)C1(OC)OC.Nc1ccccc1. The molecule has 1 aliphatic carbocycles. The second kappa shape index (κ2) is 13.6. The van der Waals surface area contributed by atoms with E-state index >= 15 is 0 Å². The van der Waals surface area contributed by atoms with Crippen LogP contribution in [0.25, 0.3) is 0 Å². The molecular formula is C25H34BNO9. The Morgan fingerprint density at radius 3 is 1.81 bits per heavy atom. The third-order valence-corrected chi connectivity index (χ3v) is 5.43. The zero-order valence-corrected chi connectivity index (χ0v) is 21.6. The van der Waals surface area contributed by atoms with Crippen molar-refractivity contribution < 1.29 is 42.8 Å². The maximum Gasteiger partial charge on any atom is 0.560 e. The first-order valence-electron chi connectivity index (χ1n) is 10.9. The first kappa shape index (κ1) is 28.9. The van der Waals surface area contributed by atoms with Crippen molar-refractivity contribution >= 4 is 12.8 Å². The van der Waals surface area contributed by atoms with E-state index in [9.17, 15) is 5.02 Å². The molecule has 0 saturated heterocycles. The number of para-hydroxylation sites is 1. The summed E-state index contributed by atoms with van der Waals surface area (Å²) in [6.07, 6.45) is 2.51. The van der Waals surface area contributed by atoms with Gasteiger partial charge in [-0.15, -0.1) is 0 Å². The van der Waals surface area contributed by atoms with E-state index in [1.165, 1.54) is 49.8 Å². The summed E-state index contributed by atoms with van der Waals surface area (Å²) in [5.74, 6) is 0.383. The van der Waals surface area contributed by atoms with Gasteiger partial charge in [0.25, 0.3) is 5.79 Å². The molecule has 0 bridgehead atoms. The molecule has 11 heteroatoms. The lowest BCUT2D eigenvalue weighted by Crippen LogP contribution is -2.50. The highest BCUT2D eigenvalue weighted by atomic mass is 16.7. The van der Waals surface area contributed by atoms with Gasteiger partial charge in [-0.1, -0.05) is 18.2 Å². The van der Waals surface area contributed by atoms with Crippen molar-refractivity contribution in [1.29, 1.82) is 0 Å². The average Bonchev–Trinajstić information content (AvgIpc) is 2.92. The molecule has 0 spiro atoms. The molecule has 0 aromatic heterocycles. The summed E-state index contributed by atoms with van der Waals surface area (Å²) in [5.41, 5.74) is 6.56. The number of nitrogens with two attached hydrogens (primary N) is 1. The highest BCUT2D eigenvalue weighted by Crippen LogP contribution is 2.44. The number of allylic oxidation sites excluding steroid dienone is 2. The molecule has 0 amide bonds. The van der Waals surface area contributed by atoms with Crippen LogP contribution < -0.4 is 24.6 Å². The number of nitrogen functional groups attached to an aromatic ring is 1. The molecule has 10 nitrogen and oxygen atoms in total. The van der Waals surface area contributed by atoms with Gasteiger partial charge in [-0.25, -0.2) is 0 Å². The molecule has 1 atom stereocenters. The Morgan fingerprint density at radius 2 is 1.36 bits per heavy atom. The predicted molar refractivity (Wildman–Crippen MR) is 136 cm³/mol. The topological polar surface area (TPSA) is 120 Å². The van der Waals surface area contributed by atoms with Gasteiger partial charge in [0.15, 0.2) is 11.5 Å². The maximum absolute atomic E-state index is 10.7. The van der Waals surface area contributed by atoms with Crippen molar-refractivity contribution in [1.82, 2.24) is 0 Å². The normalized spacial score (nSPS) is 15.9. The minimum Gasteiger partial charge on any atom is -0.530 e. The van der Waals surface area contributed by atoms with Gasteiger partial charge in [0, 0.05) is 27.0 Å². The first-order chi connectivity index (χ1) is 17.3. The lowest BCUT2D eigenvalue weighted by atomic mass is 9.74. The Morgan fingerprint density at radius 1 is 0.778 bits per heavy atom. The number of benzene rings is 2. The lowest BCUT2D eigenvalue weighted by molar-refractivity contribution is -0.246. The predicted octanol–water partition coefficient (Wildman–Crippen LogP) is 2.85.